The molecule has 1 aliphatic heterocycles. The standard InChI is InChI=1S/C17H23N3O4.C4H10/c21-13-15(7-6-14-4-2-1-3-5-14)19-16(22)12-18-17(23)20-8-10-24-11-9-20;1-4(2)3/h1-5,13,15H,6-12H2,(H,18,23)(H,19,22);4H,1-3H3/t15-;/m0./s1. The molecule has 1 aromatic rings. The summed E-state index contributed by atoms with van der Waals surface area (Å²) in [5.74, 6) is 0.460. The Morgan fingerprint density at radius 2 is 1.75 bits per heavy atom. The molecule has 156 valence electrons. The average Bonchev–Trinajstić information content (AvgIpc) is 2.70. The number of morpholine rings is 1. The lowest BCUT2D eigenvalue weighted by Crippen LogP contribution is -2.49. The molecule has 0 saturated carbocycles. The normalized spacial score (nSPS) is 14.5. The molecule has 1 atom stereocenters. The van der Waals surface area contributed by atoms with Gasteiger partial charge in [0.05, 0.1) is 25.8 Å². The summed E-state index contributed by atoms with van der Waals surface area (Å²) in [6.45, 7) is 8.40. The zero-order valence-electron chi connectivity index (χ0n) is 17.1. The van der Waals surface area contributed by atoms with Crippen LogP contribution in [0.1, 0.15) is 32.8 Å². The molecule has 0 unspecified atom stereocenters. The van der Waals surface area contributed by atoms with E-state index < -0.39 is 6.04 Å². The molecule has 2 rings (SSSR count). The molecule has 0 aromatic heterocycles. The van der Waals surface area contributed by atoms with E-state index in [2.05, 4.69) is 31.4 Å². The van der Waals surface area contributed by atoms with Gasteiger partial charge in [-0.1, -0.05) is 51.1 Å². The maximum absolute atomic E-state index is 11.9. The van der Waals surface area contributed by atoms with Gasteiger partial charge in [-0.25, -0.2) is 4.79 Å². The number of nitrogens with one attached hydrogen (secondary N) is 2. The maximum Gasteiger partial charge on any atom is 0.317 e. The first kappa shape index (κ1) is 23.6. The van der Waals surface area contributed by atoms with E-state index in [1.165, 1.54) is 0 Å². The lowest BCUT2D eigenvalue weighted by atomic mass is 10.1. The van der Waals surface area contributed by atoms with Crippen LogP contribution in [0.25, 0.3) is 0 Å². The van der Waals surface area contributed by atoms with Crippen molar-refractivity contribution in [1.29, 1.82) is 0 Å². The Bertz CT molecular complexity index is 584. The Morgan fingerprint density at radius 1 is 1.14 bits per heavy atom. The van der Waals surface area contributed by atoms with Gasteiger partial charge in [-0.2, -0.15) is 0 Å². The first-order valence-electron chi connectivity index (χ1n) is 9.81. The topological polar surface area (TPSA) is 87.7 Å². The average molecular weight is 392 g/mol. The molecular formula is C21H33N3O4. The predicted octanol–water partition coefficient (Wildman–Crippen LogP) is 2.01. The summed E-state index contributed by atoms with van der Waals surface area (Å²) < 4.78 is 5.17. The van der Waals surface area contributed by atoms with Crippen molar-refractivity contribution in [3.05, 3.63) is 35.9 Å². The van der Waals surface area contributed by atoms with E-state index in [4.69, 9.17) is 4.74 Å². The number of carbonyl (C=O) groups is 3. The second kappa shape index (κ2) is 13.7. The largest absolute Gasteiger partial charge is 0.378 e. The SMILES string of the molecule is CC(C)C.O=C[C@H](CCc1ccccc1)NC(=O)CNC(=O)N1CCOCC1. The summed E-state index contributed by atoms with van der Waals surface area (Å²) in [5.41, 5.74) is 1.11. The van der Waals surface area contributed by atoms with E-state index in [0.717, 1.165) is 17.8 Å². The third kappa shape index (κ3) is 10.7. The quantitative estimate of drug-likeness (QED) is 0.696. The predicted molar refractivity (Wildman–Crippen MR) is 109 cm³/mol. The van der Waals surface area contributed by atoms with E-state index in [1.54, 1.807) is 4.90 Å². The third-order valence-corrected chi connectivity index (χ3v) is 3.80. The van der Waals surface area contributed by atoms with Crippen LogP contribution in [0, 0.1) is 5.92 Å². The molecule has 0 bridgehead atoms. The molecule has 7 nitrogen and oxygen atoms in total. The minimum atomic E-state index is -0.557. The molecule has 1 fully saturated rings. The minimum absolute atomic E-state index is 0.147. The summed E-state index contributed by atoms with van der Waals surface area (Å²) in [6, 6.07) is 8.91. The molecule has 1 heterocycles. The fourth-order valence-electron chi connectivity index (χ4n) is 2.43. The number of aldehydes is 1. The fourth-order valence-corrected chi connectivity index (χ4v) is 2.43. The Morgan fingerprint density at radius 3 is 2.32 bits per heavy atom. The zero-order chi connectivity index (χ0) is 20.8. The van der Waals surface area contributed by atoms with Crippen molar-refractivity contribution in [2.45, 2.75) is 39.7 Å². The van der Waals surface area contributed by atoms with E-state index in [9.17, 15) is 14.4 Å². The van der Waals surface area contributed by atoms with Gasteiger partial charge in [-0.3, -0.25) is 4.79 Å². The van der Waals surface area contributed by atoms with Crippen LogP contribution in [0.5, 0.6) is 0 Å². The Kier molecular flexibility index (Phi) is 11.6. The number of rotatable bonds is 7. The van der Waals surface area contributed by atoms with Crippen molar-refractivity contribution >= 4 is 18.2 Å². The number of urea groups is 1. The van der Waals surface area contributed by atoms with Gasteiger partial charge in [-0.15, -0.1) is 0 Å². The number of hydrogen-bond donors (Lipinski definition) is 2. The first-order chi connectivity index (χ1) is 13.4. The molecule has 0 radical (unpaired) electrons. The van der Waals surface area contributed by atoms with Gasteiger partial charge in [-0.05, 0) is 24.3 Å². The van der Waals surface area contributed by atoms with Gasteiger partial charge < -0.3 is 25.1 Å². The van der Waals surface area contributed by atoms with Gasteiger partial charge in [0.1, 0.15) is 6.29 Å². The first-order valence-corrected chi connectivity index (χ1v) is 9.81. The molecule has 7 heteroatoms. The van der Waals surface area contributed by atoms with Crippen LogP contribution in [0.15, 0.2) is 30.3 Å². The van der Waals surface area contributed by atoms with Crippen LogP contribution in [0.2, 0.25) is 0 Å². The van der Waals surface area contributed by atoms with Crippen LogP contribution in [0.3, 0.4) is 0 Å². The van der Waals surface area contributed by atoms with E-state index in [0.29, 0.717) is 39.1 Å². The number of amides is 3. The molecule has 1 aliphatic rings. The number of nitrogens with zero attached hydrogens (tertiary/aromatic N) is 1. The molecular weight excluding hydrogens is 358 g/mol. The van der Waals surface area contributed by atoms with Gasteiger partial charge >= 0.3 is 6.03 Å². The minimum Gasteiger partial charge on any atom is -0.378 e. The van der Waals surface area contributed by atoms with Crippen molar-refractivity contribution in [3.8, 4) is 0 Å². The maximum atomic E-state index is 11.9. The Labute approximate surface area is 167 Å². The van der Waals surface area contributed by atoms with Crippen molar-refractivity contribution in [2.24, 2.45) is 5.92 Å². The fraction of sp³-hybridized carbons (Fsp3) is 0.571. The van der Waals surface area contributed by atoms with Crippen LogP contribution in [-0.4, -0.2) is 62.0 Å². The summed E-state index contributed by atoms with van der Waals surface area (Å²) in [5, 5.41) is 5.19. The summed E-state index contributed by atoms with van der Waals surface area (Å²) in [6.07, 6.45) is 1.95. The zero-order valence-corrected chi connectivity index (χ0v) is 17.1. The van der Waals surface area contributed by atoms with E-state index in [-0.39, 0.29) is 18.5 Å². The van der Waals surface area contributed by atoms with Crippen LogP contribution >= 0.6 is 0 Å². The molecule has 2 N–H and O–H groups in total. The summed E-state index contributed by atoms with van der Waals surface area (Å²) >= 11 is 0. The van der Waals surface area contributed by atoms with Crippen LogP contribution < -0.4 is 10.6 Å². The van der Waals surface area contributed by atoms with E-state index in [1.807, 2.05) is 30.3 Å². The molecule has 1 aromatic carbocycles. The summed E-state index contributed by atoms with van der Waals surface area (Å²) in [4.78, 5) is 36.5. The second-order valence-corrected chi connectivity index (χ2v) is 7.32. The molecule has 1 saturated heterocycles. The van der Waals surface area contributed by atoms with E-state index >= 15 is 0 Å². The lowest BCUT2D eigenvalue weighted by Gasteiger charge is -2.26. The number of aryl methyl sites for hydroxylation is 1. The van der Waals surface area contributed by atoms with Crippen LogP contribution in [0.4, 0.5) is 4.79 Å². The molecule has 3 amide bonds. The van der Waals surface area contributed by atoms with Crippen molar-refractivity contribution in [3.63, 3.8) is 0 Å². The molecule has 0 spiro atoms. The Balaban J connectivity index is 0.000000892. The van der Waals surface area contributed by atoms with Gasteiger partial charge in [0.15, 0.2) is 0 Å². The highest BCUT2D eigenvalue weighted by atomic mass is 16.5. The summed E-state index contributed by atoms with van der Waals surface area (Å²) in [7, 11) is 0. The van der Waals surface area contributed by atoms with Crippen molar-refractivity contribution in [1.82, 2.24) is 15.5 Å². The highest BCUT2D eigenvalue weighted by Gasteiger charge is 2.18. The van der Waals surface area contributed by atoms with Crippen molar-refractivity contribution < 1.29 is 19.1 Å². The smallest absolute Gasteiger partial charge is 0.317 e. The monoisotopic (exact) mass is 391 g/mol. The second-order valence-electron chi connectivity index (χ2n) is 7.32. The Hall–Kier alpha value is -2.41. The molecule has 0 aliphatic carbocycles. The highest BCUT2D eigenvalue weighted by molar-refractivity contribution is 5.85. The number of benzene rings is 1. The van der Waals surface area contributed by atoms with Gasteiger partial charge in [0.2, 0.25) is 5.91 Å². The number of carbonyl (C=O) groups excluding carboxylic acids is 3. The van der Waals surface area contributed by atoms with Gasteiger partial charge in [0, 0.05) is 13.1 Å². The van der Waals surface area contributed by atoms with Crippen LogP contribution in [-0.2, 0) is 20.7 Å². The number of ether oxygens (including phenoxy) is 1. The van der Waals surface area contributed by atoms with Gasteiger partial charge in [0.25, 0.3) is 0 Å². The van der Waals surface area contributed by atoms with Crippen molar-refractivity contribution in [2.75, 3.05) is 32.8 Å². The number of hydrogen-bond acceptors (Lipinski definition) is 4. The lowest BCUT2D eigenvalue weighted by molar-refractivity contribution is -0.123. The highest BCUT2D eigenvalue weighted by Crippen LogP contribution is 2.04. The molecule has 28 heavy (non-hydrogen) atoms. The third-order valence-electron chi connectivity index (χ3n) is 3.80.